The molecule has 0 fully saturated rings. The monoisotopic (exact) mass is 203 g/mol. The molecule has 1 aromatic carbocycles. The van der Waals surface area contributed by atoms with Crippen LogP contribution in [0.5, 0.6) is 0 Å². The van der Waals surface area contributed by atoms with E-state index in [-0.39, 0.29) is 11.9 Å². The summed E-state index contributed by atoms with van der Waals surface area (Å²) < 4.78 is 5.11. The highest BCUT2D eigenvalue weighted by molar-refractivity contribution is 6.00. The molecule has 0 amide bonds. The summed E-state index contributed by atoms with van der Waals surface area (Å²) in [6, 6.07) is 9.64. The summed E-state index contributed by atoms with van der Waals surface area (Å²) >= 11 is 0. The van der Waals surface area contributed by atoms with E-state index in [1.165, 1.54) is 0 Å². The minimum Gasteiger partial charge on any atom is -0.377 e. The number of ketones is 1. The number of ether oxygens (including phenoxy) is 1. The Morgan fingerprint density at radius 1 is 1.33 bits per heavy atom. The Balaban J connectivity index is 2.10. The van der Waals surface area contributed by atoms with E-state index in [0.29, 0.717) is 12.1 Å². The SMILES string of the molecule is COC1C=C(Nc2ccccc2)C(=O)C1. The topological polar surface area (TPSA) is 38.3 Å². The van der Waals surface area contributed by atoms with Gasteiger partial charge in [0.05, 0.1) is 11.8 Å². The Hall–Kier alpha value is -1.61. The third kappa shape index (κ3) is 2.25. The normalized spacial score (nSPS) is 20.2. The summed E-state index contributed by atoms with van der Waals surface area (Å²) in [7, 11) is 1.61. The Bertz CT molecular complexity index is 384. The number of rotatable bonds is 3. The summed E-state index contributed by atoms with van der Waals surface area (Å²) in [5.74, 6) is 0.103. The molecule has 0 bridgehead atoms. The highest BCUT2D eigenvalue weighted by Gasteiger charge is 2.23. The number of hydrogen-bond donors (Lipinski definition) is 1. The molecule has 0 aromatic heterocycles. The Kier molecular flexibility index (Phi) is 2.83. The minimum absolute atomic E-state index is 0.0799. The van der Waals surface area contributed by atoms with Crippen molar-refractivity contribution in [2.75, 3.05) is 12.4 Å². The fourth-order valence-electron chi connectivity index (χ4n) is 1.57. The zero-order valence-corrected chi connectivity index (χ0v) is 8.57. The molecule has 0 aliphatic heterocycles. The zero-order valence-electron chi connectivity index (χ0n) is 8.57. The van der Waals surface area contributed by atoms with Gasteiger partial charge in [-0.3, -0.25) is 4.79 Å². The average molecular weight is 203 g/mol. The number of benzene rings is 1. The second-order valence-electron chi connectivity index (χ2n) is 3.47. The lowest BCUT2D eigenvalue weighted by Gasteiger charge is -2.04. The number of Topliss-reactive ketones (excluding diaryl/α,β-unsaturated/α-hetero) is 1. The number of anilines is 1. The van der Waals surface area contributed by atoms with Gasteiger partial charge in [0, 0.05) is 19.2 Å². The van der Waals surface area contributed by atoms with Crippen LogP contribution in [-0.2, 0) is 9.53 Å². The van der Waals surface area contributed by atoms with Crippen molar-refractivity contribution in [3.05, 3.63) is 42.1 Å². The fourth-order valence-corrected chi connectivity index (χ4v) is 1.57. The molecule has 78 valence electrons. The number of allylic oxidation sites excluding steroid dienone is 1. The number of methoxy groups -OCH3 is 1. The molecule has 0 spiro atoms. The maximum atomic E-state index is 11.5. The molecule has 15 heavy (non-hydrogen) atoms. The van der Waals surface area contributed by atoms with Crippen LogP contribution in [0.25, 0.3) is 0 Å². The molecule has 1 unspecified atom stereocenters. The number of carbonyl (C=O) groups is 1. The molecule has 2 rings (SSSR count). The van der Waals surface area contributed by atoms with Crippen molar-refractivity contribution < 1.29 is 9.53 Å². The fraction of sp³-hybridized carbons (Fsp3) is 0.250. The van der Waals surface area contributed by atoms with Gasteiger partial charge in [0.2, 0.25) is 0 Å². The third-order valence-electron chi connectivity index (χ3n) is 2.40. The second kappa shape index (κ2) is 4.28. The highest BCUT2D eigenvalue weighted by Crippen LogP contribution is 2.19. The first-order chi connectivity index (χ1) is 7.29. The largest absolute Gasteiger partial charge is 0.377 e. The van der Waals surface area contributed by atoms with E-state index < -0.39 is 0 Å². The van der Waals surface area contributed by atoms with Crippen LogP contribution in [-0.4, -0.2) is 19.0 Å². The van der Waals surface area contributed by atoms with Crippen LogP contribution in [0, 0.1) is 0 Å². The summed E-state index contributed by atoms with van der Waals surface area (Å²) in [4.78, 5) is 11.5. The molecule has 1 aliphatic carbocycles. The van der Waals surface area contributed by atoms with Crippen LogP contribution in [0.4, 0.5) is 5.69 Å². The first-order valence-corrected chi connectivity index (χ1v) is 4.89. The number of para-hydroxylation sites is 1. The highest BCUT2D eigenvalue weighted by atomic mass is 16.5. The standard InChI is InChI=1S/C12H13NO2/c1-15-10-7-11(12(14)8-10)13-9-5-3-2-4-6-9/h2-7,10,13H,8H2,1H3. The quantitative estimate of drug-likeness (QED) is 0.816. The number of hydrogen-bond acceptors (Lipinski definition) is 3. The number of nitrogens with one attached hydrogen (secondary N) is 1. The van der Waals surface area contributed by atoms with E-state index in [1.54, 1.807) is 7.11 Å². The Morgan fingerprint density at radius 2 is 2.07 bits per heavy atom. The van der Waals surface area contributed by atoms with Gasteiger partial charge >= 0.3 is 0 Å². The van der Waals surface area contributed by atoms with E-state index >= 15 is 0 Å². The molecule has 1 aromatic rings. The van der Waals surface area contributed by atoms with Gasteiger partial charge in [-0.1, -0.05) is 18.2 Å². The zero-order chi connectivity index (χ0) is 10.7. The molecule has 0 radical (unpaired) electrons. The molecule has 0 saturated carbocycles. The summed E-state index contributed by atoms with van der Waals surface area (Å²) in [5, 5.41) is 3.09. The molecule has 3 heteroatoms. The summed E-state index contributed by atoms with van der Waals surface area (Å²) in [6.07, 6.45) is 2.18. The van der Waals surface area contributed by atoms with Crippen molar-refractivity contribution in [2.24, 2.45) is 0 Å². The summed E-state index contributed by atoms with van der Waals surface area (Å²) in [6.45, 7) is 0. The molecule has 3 nitrogen and oxygen atoms in total. The molecule has 1 aliphatic rings. The van der Waals surface area contributed by atoms with Crippen LogP contribution < -0.4 is 5.32 Å². The Labute approximate surface area is 88.8 Å². The van der Waals surface area contributed by atoms with Crippen LogP contribution >= 0.6 is 0 Å². The van der Waals surface area contributed by atoms with Gasteiger partial charge in [-0.25, -0.2) is 0 Å². The van der Waals surface area contributed by atoms with Crippen LogP contribution in [0.2, 0.25) is 0 Å². The minimum atomic E-state index is -0.0799. The lowest BCUT2D eigenvalue weighted by atomic mass is 10.2. The van der Waals surface area contributed by atoms with E-state index in [0.717, 1.165) is 5.69 Å². The van der Waals surface area contributed by atoms with Gasteiger partial charge in [0.1, 0.15) is 0 Å². The lowest BCUT2D eigenvalue weighted by molar-refractivity contribution is -0.115. The first kappa shape index (κ1) is 9.93. The van der Waals surface area contributed by atoms with Crippen molar-refractivity contribution in [1.29, 1.82) is 0 Å². The van der Waals surface area contributed by atoms with Gasteiger partial charge < -0.3 is 10.1 Å². The Morgan fingerprint density at radius 3 is 2.67 bits per heavy atom. The van der Waals surface area contributed by atoms with Gasteiger partial charge in [-0.15, -0.1) is 0 Å². The molecule has 0 heterocycles. The maximum Gasteiger partial charge on any atom is 0.181 e. The van der Waals surface area contributed by atoms with E-state index in [9.17, 15) is 4.79 Å². The summed E-state index contributed by atoms with van der Waals surface area (Å²) in [5.41, 5.74) is 1.56. The van der Waals surface area contributed by atoms with Crippen LogP contribution in [0.3, 0.4) is 0 Å². The molecule has 1 N–H and O–H groups in total. The average Bonchev–Trinajstić information content (AvgIpc) is 2.61. The van der Waals surface area contributed by atoms with E-state index in [4.69, 9.17) is 4.74 Å². The molecule has 0 saturated heterocycles. The van der Waals surface area contributed by atoms with E-state index in [2.05, 4.69) is 5.32 Å². The van der Waals surface area contributed by atoms with Gasteiger partial charge in [0.25, 0.3) is 0 Å². The van der Waals surface area contributed by atoms with Crippen molar-refractivity contribution in [1.82, 2.24) is 0 Å². The first-order valence-electron chi connectivity index (χ1n) is 4.89. The van der Waals surface area contributed by atoms with Gasteiger partial charge in [0.15, 0.2) is 5.78 Å². The predicted octanol–water partition coefficient (Wildman–Crippen LogP) is 1.97. The van der Waals surface area contributed by atoms with Crippen molar-refractivity contribution >= 4 is 11.5 Å². The molecule has 1 atom stereocenters. The third-order valence-corrected chi connectivity index (χ3v) is 2.40. The van der Waals surface area contributed by atoms with Gasteiger partial charge in [-0.05, 0) is 18.2 Å². The van der Waals surface area contributed by atoms with Crippen molar-refractivity contribution in [3.8, 4) is 0 Å². The number of carbonyl (C=O) groups excluding carboxylic acids is 1. The molecular weight excluding hydrogens is 190 g/mol. The van der Waals surface area contributed by atoms with Crippen molar-refractivity contribution in [2.45, 2.75) is 12.5 Å². The van der Waals surface area contributed by atoms with Gasteiger partial charge in [-0.2, -0.15) is 0 Å². The maximum absolute atomic E-state index is 11.5. The lowest BCUT2D eigenvalue weighted by Crippen LogP contribution is -2.07. The van der Waals surface area contributed by atoms with E-state index in [1.807, 2.05) is 36.4 Å². The van der Waals surface area contributed by atoms with Crippen molar-refractivity contribution in [3.63, 3.8) is 0 Å². The smallest absolute Gasteiger partial charge is 0.181 e. The predicted molar refractivity (Wildman–Crippen MR) is 58.6 cm³/mol. The second-order valence-corrected chi connectivity index (χ2v) is 3.47. The van der Waals surface area contributed by atoms with Crippen LogP contribution in [0.15, 0.2) is 42.1 Å². The molecular formula is C12H13NO2. The van der Waals surface area contributed by atoms with Crippen LogP contribution in [0.1, 0.15) is 6.42 Å².